The van der Waals surface area contributed by atoms with Gasteiger partial charge >= 0.3 is 0 Å². The zero-order valence-electron chi connectivity index (χ0n) is 6.77. The van der Waals surface area contributed by atoms with Gasteiger partial charge in [0.05, 0.1) is 5.56 Å². The Bertz CT molecular complexity index is 390. The van der Waals surface area contributed by atoms with Gasteiger partial charge in [-0.2, -0.15) is 4.37 Å². The number of hydrogen-bond acceptors (Lipinski definition) is 5. The first-order valence-corrected chi connectivity index (χ1v) is 4.47. The van der Waals surface area contributed by atoms with E-state index in [0.717, 1.165) is 11.1 Å². The molecule has 0 spiro atoms. The lowest BCUT2D eigenvalue weighted by Crippen LogP contribution is -1.90. The molecule has 0 radical (unpaired) electrons. The van der Waals surface area contributed by atoms with Gasteiger partial charge < -0.3 is 11.5 Å². The van der Waals surface area contributed by atoms with Gasteiger partial charge in [-0.3, -0.25) is 4.98 Å². The normalized spacial score (nSPS) is 10.2. The fourth-order valence-electron chi connectivity index (χ4n) is 1.12. The molecule has 0 saturated carbocycles. The van der Waals surface area contributed by atoms with Crippen molar-refractivity contribution in [1.82, 2.24) is 9.36 Å². The number of nitrogens with two attached hydrogens (primary N) is 2. The highest BCUT2D eigenvalue weighted by Crippen LogP contribution is 2.33. The first-order chi connectivity index (χ1) is 6.29. The van der Waals surface area contributed by atoms with Crippen LogP contribution >= 0.6 is 11.5 Å². The van der Waals surface area contributed by atoms with Crippen molar-refractivity contribution in [2.24, 2.45) is 0 Å². The molecule has 2 rings (SSSR count). The molecule has 66 valence electrons. The third kappa shape index (κ3) is 1.33. The number of pyridine rings is 1. The lowest BCUT2D eigenvalue weighted by molar-refractivity contribution is 1.33. The second kappa shape index (κ2) is 3.02. The molecule has 0 fully saturated rings. The number of anilines is 2. The average Bonchev–Trinajstić information content (AvgIpc) is 2.48. The topological polar surface area (TPSA) is 77.8 Å². The van der Waals surface area contributed by atoms with E-state index in [0.29, 0.717) is 10.8 Å². The van der Waals surface area contributed by atoms with Crippen LogP contribution in [0.4, 0.5) is 10.8 Å². The minimum absolute atomic E-state index is 0.468. The predicted octanol–water partition coefficient (Wildman–Crippen LogP) is 1.37. The largest absolute Gasteiger partial charge is 0.389 e. The van der Waals surface area contributed by atoms with E-state index in [-0.39, 0.29) is 0 Å². The molecule has 5 heteroatoms. The summed E-state index contributed by atoms with van der Waals surface area (Å²) in [6, 6.07) is 3.75. The van der Waals surface area contributed by atoms with Crippen LogP contribution in [0, 0.1) is 0 Å². The van der Waals surface area contributed by atoms with Crippen molar-refractivity contribution in [2.45, 2.75) is 0 Å². The van der Waals surface area contributed by atoms with Crippen LogP contribution in [-0.2, 0) is 0 Å². The Morgan fingerprint density at radius 1 is 1.31 bits per heavy atom. The standard InChI is InChI=1S/C8H8N4S/c9-7-6(8(10)13-12-7)5-2-1-3-11-4-5/h1-4H,10H2,(H2,9,12). The monoisotopic (exact) mass is 192 g/mol. The molecule has 2 heterocycles. The van der Waals surface area contributed by atoms with Gasteiger partial charge in [0.25, 0.3) is 0 Å². The molecule has 4 nitrogen and oxygen atoms in total. The molecule has 0 aromatic carbocycles. The zero-order chi connectivity index (χ0) is 9.26. The quantitative estimate of drug-likeness (QED) is 0.715. The molecule has 0 unspecified atom stereocenters. The highest BCUT2D eigenvalue weighted by molar-refractivity contribution is 7.11. The smallest absolute Gasteiger partial charge is 0.147 e. The van der Waals surface area contributed by atoms with E-state index < -0.39 is 0 Å². The molecule has 4 N–H and O–H groups in total. The van der Waals surface area contributed by atoms with Gasteiger partial charge in [-0.25, -0.2) is 0 Å². The number of aromatic nitrogens is 2. The Hall–Kier alpha value is -1.62. The number of hydrogen-bond donors (Lipinski definition) is 2. The van der Waals surface area contributed by atoms with Crippen LogP contribution in [0.5, 0.6) is 0 Å². The van der Waals surface area contributed by atoms with Crippen LogP contribution in [0.15, 0.2) is 24.5 Å². The molecule has 0 atom stereocenters. The highest BCUT2D eigenvalue weighted by atomic mass is 32.1. The van der Waals surface area contributed by atoms with E-state index >= 15 is 0 Å². The Balaban J connectivity index is 2.59. The van der Waals surface area contributed by atoms with Crippen LogP contribution in [0.25, 0.3) is 11.1 Å². The maximum absolute atomic E-state index is 5.72. The maximum atomic E-state index is 5.72. The Morgan fingerprint density at radius 3 is 2.69 bits per heavy atom. The summed E-state index contributed by atoms with van der Waals surface area (Å²) in [6.45, 7) is 0. The summed E-state index contributed by atoms with van der Waals surface area (Å²) in [5.41, 5.74) is 13.1. The van der Waals surface area contributed by atoms with Crippen molar-refractivity contribution < 1.29 is 0 Å². The molecule has 2 aromatic heterocycles. The molecular formula is C8H8N4S. The Labute approximate surface area is 79.4 Å². The van der Waals surface area contributed by atoms with E-state index in [9.17, 15) is 0 Å². The first kappa shape index (κ1) is 8.00. The number of rotatable bonds is 1. The van der Waals surface area contributed by atoms with Crippen molar-refractivity contribution in [2.75, 3.05) is 11.5 Å². The molecule has 0 aliphatic heterocycles. The third-order valence-corrected chi connectivity index (χ3v) is 2.38. The number of nitrogen functional groups attached to an aromatic ring is 2. The SMILES string of the molecule is Nc1nsc(N)c1-c1cccnc1. The molecule has 0 aliphatic rings. The predicted molar refractivity (Wildman–Crippen MR) is 54.2 cm³/mol. The summed E-state index contributed by atoms with van der Waals surface area (Å²) in [5.74, 6) is 0.468. The van der Waals surface area contributed by atoms with E-state index in [2.05, 4.69) is 9.36 Å². The molecular weight excluding hydrogens is 184 g/mol. The van der Waals surface area contributed by atoms with E-state index in [1.807, 2.05) is 12.1 Å². The highest BCUT2D eigenvalue weighted by Gasteiger charge is 2.10. The van der Waals surface area contributed by atoms with Crippen LogP contribution in [0.1, 0.15) is 0 Å². The van der Waals surface area contributed by atoms with Gasteiger partial charge in [0, 0.05) is 18.0 Å². The zero-order valence-corrected chi connectivity index (χ0v) is 7.58. The van der Waals surface area contributed by atoms with Gasteiger partial charge in [-0.1, -0.05) is 6.07 Å². The van der Waals surface area contributed by atoms with Crippen LogP contribution < -0.4 is 11.5 Å². The van der Waals surface area contributed by atoms with Gasteiger partial charge in [-0.15, -0.1) is 0 Å². The van der Waals surface area contributed by atoms with Gasteiger partial charge in [0.15, 0.2) is 0 Å². The number of nitrogens with zero attached hydrogens (tertiary/aromatic N) is 2. The van der Waals surface area contributed by atoms with E-state index in [4.69, 9.17) is 11.5 Å². The summed E-state index contributed by atoms with van der Waals surface area (Å²) in [4.78, 5) is 3.99. The van der Waals surface area contributed by atoms with Gasteiger partial charge in [-0.05, 0) is 17.6 Å². The lowest BCUT2D eigenvalue weighted by Gasteiger charge is -1.98. The molecule has 0 aliphatic carbocycles. The van der Waals surface area contributed by atoms with Crippen molar-refractivity contribution in [3.63, 3.8) is 0 Å². The van der Waals surface area contributed by atoms with Crippen molar-refractivity contribution in [3.8, 4) is 11.1 Å². The van der Waals surface area contributed by atoms with Crippen LogP contribution in [0.2, 0.25) is 0 Å². The molecule has 2 aromatic rings. The van der Waals surface area contributed by atoms with E-state index in [1.54, 1.807) is 12.4 Å². The molecule has 0 amide bonds. The fourth-order valence-corrected chi connectivity index (χ4v) is 1.72. The summed E-state index contributed by atoms with van der Waals surface area (Å²) in [7, 11) is 0. The second-order valence-electron chi connectivity index (χ2n) is 2.55. The van der Waals surface area contributed by atoms with Crippen LogP contribution in [-0.4, -0.2) is 9.36 Å². The average molecular weight is 192 g/mol. The van der Waals surface area contributed by atoms with Crippen molar-refractivity contribution >= 4 is 22.4 Å². The first-order valence-electron chi connectivity index (χ1n) is 3.70. The van der Waals surface area contributed by atoms with Gasteiger partial charge in [0.1, 0.15) is 10.8 Å². The second-order valence-corrected chi connectivity index (χ2v) is 3.35. The third-order valence-electron chi connectivity index (χ3n) is 1.70. The van der Waals surface area contributed by atoms with Crippen LogP contribution in [0.3, 0.4) is 0 Å². The lowest BCUT2D eigenvalue weighted by atomic mass is 10.1. The maximum Gasteiger partial charge on any atom is 0.147 e. The van der Waals surface area contributed by atoms with Crippen molar-refractivity contribution in [1.29, 1.82) is 0 Å². The minimum atomic E-state index is 0.468. The molecule has 13 heavy (non-hydrogen) atoms. The van der Waals surface area contributed by atoms with Gasteiger partial charge in [0.2, 0.25) is 0 Å². The van der Waals surface area contributed by atoms with E-state index in [1.165, 1.54) is 11.5 Å². The Morgan fingerprint density at radius 2 is 2.15 bits per heavy atom. The minimum Gasteiger partial charge on any atom is -0.389 e. The summed E-state index contributed by atoms with van der Waals surface area (Å²) >= 11 is 1.20. The molecule has 0 bridgehead atoms. The summed E-state index contributed by atoms with van der Waals surface area (Å²) in [6.07, 6.45) is 3.42. The summed E-state index contributed by atoms with van der Waals surface area (Å²) in [5, 5.41) is 0.630. The molecule has 0 saturated heterocycles. The van der Waals surface area contributed by atoms with Crippen molar-refractivity contribution in [3.05, 3.63) is 24.5 Å². The summed E-state index contributed by atoms with van der Waals surface area (Å²) < 4.78 is 3.96. The Kier molecular flexibility index (Phi) is 1.86. The fraction of sp³-hybridized carbons (Fsp3) is 0.